The van der Waals surface area contributed by atoms with Crippen LogP contribution >= 0.6 is 0 Å². The van der Waals surface area contributed by atoms with Gasteiger partial charge in [-0.1, -0.05) is 51.1 Å². The molecular formula is C26H26N2O2. The monoisotopic (exact) mass is 398 g/mol. The molecule has 0 saturated heterocycles. The van der Waals surface area contributed by atoms with Crippen LogP contribution in [0.25, 0.3) is 11.1 Å². The van der Waals surface area contributed by atoms with E-state index < -0.39 is 0 Å². The molecule has 0 spiro atoms. The summed E-state index contributed by atoms with van der Waals surface area (Å²) in [6.45, 7) is 6.44. The highest BCUT2D eigenvalue weighted by Gasteiger charge is 2.10. The second-order valence-corrected chi connectivity index (χ2v) is 7.87. The van der Waals surface area contributed by atoms with Crippen LogP contribution < -0.4 is 5.32 Å². The number of nitrogens with one attached hydrogen (secondary N) is 1. The zero-order valence-corrected chi connectivity index (χ0v) is 17.6. The van der Waals surface area contributed by atoms with Gasteiger partial charge in [0.25, 0.3) is 5.91 Å². The Morgan fingerprint density at radius 1 is 0.967 bits per heavy atom. The van der Waals surface area contributed by atoms with Crippen molar-refractivity contribution in [3.8, 4) is 0 Å². The summed E-state index contributed by atoms with van der Waals surface area (Å²) in [6, 6.07) is 21.7. The van der Waals surface area contributed by atoms with Crippen molar-refractivity contribution < 1.29 is 9.21 Å². The number of nitrogens with zero attached hydrogens (tertiary/aromatic N) is 1. The predicted octanol–water partition coefficient (Wildman–Crippen LogP) is 6.36. The Hall–Kier alpha value is -3.40. The van der Waals surface area contributed by atoms with Crippen LogP contribution in [0.1, 0.15) is 59.6 Å². The van der Waals surface area contributed by atoms with Crippen LogP contribution in [0, 0.1) is 0 Å². The Labute approximate surface area is 177 Å². The van der Waals surface area contributed by atoms with Crippen LogP contribution in [0.4, 0.5) is 5.69 Å². The minimum Gasteiger partial charge on any atom is -0.440 e. The first-order chi connectivity index (χ1) is 14.5. The van der Waals surface area contributed by atoms with Crippen LogP contribution in [-0.4, -0.2) is 10.9 Å². The molecule has 4 rings (SSSR count). The number of fused-ring (bicyclic) bond motifs is 1. The van der Waals surface area contributed by atoms with Gasteiger partial charge in [0, 0.05) is 17.7 Å². The highest BCUT2D eigenvalue weighted by atomic mass is 16.3. The van der Waals surface area contributed by atoms with Gasteiger partial charge < -0.3 is 9.73 Å². The zero-order chi connectivity index (χ0) is 21.1. The molecule has 1 aromatic heterocycles. The van der Waals surface area contributed by atoms with Gasteiger partial charge in [-0.2, -0.15) is 0 Å². The van der Waals surface area contributed by atoms with Gasteiger partial charge in [0.1, 0.15) is 5.52 Å². The maximum Gasteiger partial charge on any atom is 0.255 e. The number of anilines is 1. The molecule has 0 saturated carbocycles. The normalized spacial score (nSPS) is 11.2. The van der Waals surface area contributed by atoms with Crippen molar-refractivity contribution >= 4 is 22.7 Å². The lowest BCUT2D eigenvalue weighted by atomic mass is 10.0. The number of rotatable bonds is 6. The summed E-state index contributed by atoms with van der Waals surface area (Å²) in [4.78, 5) is 17.1. The molecule has 3 aromatic carbocycles. The number of aromatic nitrogens is 1. The molecule has 152 valence electrons. The van der Waals surface area contributed by atoms with E-state index in [-0.39, 0.29) is 5.91 Å². The quantitative estimate of drug-likeness (QED) is 0.411. The summed E-state index contributed by atoms with van der Waals surface area (Å²) in [5.74, 6) is 1.05. The maximum atomic E-state index is 12.4. The van der Waals surface area contributed by atoms with E-state index in [9.17, 15) is 4.79 Å². The van der Waals surface area contributed by atoms with Crippen LogP contribution in [0.2, 0.25) is 0 Å². The van der Waals surface area contributed by atoms with E-state index >= 15 is 0 Å². The summed E-state index contributed by atoms with van der Waals surface area (Å²) in [7, 11) is 0. The van der Waals surface area contributed by atoms with Crippen molar-refractivity contribution in [1.82, 2.24) is 4.98 Å². The number of carbonyl (C=O) groups excluding carboxylic acids is 1. The van der Waals surface area contributed by atoms with Crippen molar-refractivity contribution in [2.75, 3.05) is 5.32 Å². The molecule has 0 atom stereocenters. The van der Waals surface area contributed by atoms with E-state index in [1.165, 1.54) is 11.1 Å². The van der Waals surface area contributed by atoms with E-state index in [2.05, 4.69) is 43.2 Å². The summed E-state index contributed by atoms with van der Waals surface area (Å²) in [6.07, 6.45) is 1.57. The van der Waals surface area contributed by atoms with Crippen LogP contribution in [0.5, 0.6) is 0 Å². The topological polar surface area (TPSA) is 55.1 Å². The van der Waals surface area contributed by atoms with Crippen LogP contribution in [0.15, 0.2) is 71.1 Å². The van der Waals surface area contributed by atoms with Gasteiger partial charge in [0.2, 0.25) is 0 Å². The number of oxazole rings is 1. The van der Waals surface area contributed by atoms with E-state index in [0.29, 0.717) is 23.8 Å². The van der Waals surface area contributed by atoms with Gasteiger partial charge in [-0.3, -0.25) is 4.79 Å². The number of hydrogen-bond acceptors (Lipinski definition) is 3. The first kappa shape index (κ1) is 19.9. The van der Waals surface area contributed by atoms with Crippen LogP contribution in [-0.2, 0) is 12.8 Å². The predicted molar refractivity (Wildman–Crippen MR) is 121 cm³/mol. The number of carbonyl (C=O) groups is 1. The molecule has 1 amide bonds. The fraction of sp³-hybridized carbons (Fsp3) is 0.231. The lowest BCUT2D eigenvalue weighted by Gasteiger charge is -2.07. The van der Waals surface area contributed by atoms with Gasteiger partial charge in [0.05, 0.1) is 0 Å². The summed E-state index contributed by atoms with van der Waals surface area (Å²) in [5.41, 5.74) is 6.69. The minimum absolute atomic E-state index is 0.106. The van der Waals surface area contributed by atoms with Gasteiger partial charge in [0.15, 0.2) is 11.5 Å². The number of hydrogen-bond donors (Lipinski definition) is 1. The standard InChI is InChI=1S/C26H26N2O2/c1-4-18-5-9-20(10-6-18)26(29)27-22-12-7-19(8-13-22)15-25-28-23-16-21(17(2)3)11-14-24(23)30-25/h5-14,16-17H,4,15H2,1-3H3,(H,27,29). The summed E-state index contributed by atoms with van der Waals surface area (Å²) in [5, 5.41) is 2.95. The summed E-state index contributed by atoms with van der Waals surface area (Å²) >= 11 is 0. The van der Waals surface area contributed by atoms with Crippen molar-refractivity contribution in [3.05, 3.63) is 94.9 Å². The third kappa shape index (κ3) is 4.43. The first-order valence-corrected chi connectivity index (χ1v) is 10.4. The highest BCUT2D eigenvalue weighted by molar-refractivity contribution is 6.04. The summed E-state index contributed by atoms with van der Waals surface area (Å²) < 4.78 is 5.90. The van der Waals surface area contributed by atoms with Gasteiger partial charge >= 0.3 is 0 Å². The fourth-order valence-corrected chi connectivity index (χ4v) is 3.40. The average molecular weight is 399 g/mol. The molecule has 4 aromatic rings. The van der Waals surface area contributed by atoms with E-state index in [1.807, 2.05) is 54.6 Å². The van der Waals surface area contributed by atoms with Crippen molar-refractivity contribution in [3.63, 3.8) is 0 Å². The lowest BCUT2D eigenvalue weighted by molar-refractivity contribution is 0.102. The Morgan fingerprint density at radius 2 is 1.67 bits per heavy atom. The van der Waals surface area contributed by atoms with Gasteiger partial charge in [-0.25, -0.2) is 4.98 Å². The maximum absolute atomic E-state index is 12.4. The Balaban J connectivity index is 1.43. The molecule has 1 heterocycles. The fourth-order valence-electron chi connectivity index (χ4n) is 3.40. The molecule has 4 nitrogen and oxygen atoms in total. The molecule has 0 unspecified atom stereocenters. The zero-order valence-electron chi connectivity index (χ0n) is 17.6. The SMILES string of the molecule is CCc1ccc(C(=O)Nc2ccc(Cc3nc4cc(C(C)C)ccc4o3)cc2)cc1. The molecule has 0 bridgehead atoms. The van der Waals surface area contributed by atoms with E-state index in [4.69, 9.17) is 4.42 Å². The molecule has 0 aliphatic carbocycles. The Bertz CT molecular complexity index is 1160. The molecule has 4 heteroatoms. The molecular weight excluding hydrogens is 372 g/mol. The van der Waals surface area contributed by atoms with Gasteiger partial charge in [-0.15, -0.1) is 0 Å². The molecule has 1 N–H and O–H groups in total. The molecule has 0 aliphatic rings. The van der Waals surface area contributed by atoms with Crippen LogP contribution in [0.3, 0.4) is 0 Å². The third-order valence-electron chi connectivity index (χ3n) is 5.31. The molecule has 30 heavy (non-hydrogen) atoms. The Kier molecular flexibility index (Phi) is 5.66. The lowest BCUT2D eigenvalue weighted by Crippen LogP contribution is -2.11. The largest absolute Gasteiger partial charge is 0.440 e. The molecule has 0 radical (unpaired) electrons. The van der Waals surface area contributed by atoms with Crippen molar-refractivity contribution in [2.24, 2.45) is 0 Å². The molecule has 0 fully saturated rings. The second kappa shape index (κ2) is 8.54. The smallest absolute Gasteiger partial charge is 0.255 e. The minimum atomic E-state index is -0.106. The van der Waals surface area contributed by atoms with Crippen molar-refractivity contribution in [1.29, 1.82) is 0 Å². The van der Waals surface area contributed by atoms with Crippen molar-refractivity contribution in [2.45, 2.75) is 39.5 Å². The van der Waals surface area contributed by atoms with E-state index in [1.54, 1.807) is 0 Å². The van der Waals surface area contributed by atoms with Gasteiger partial charge in [-0.05, 0) is 65.4 Å². The number of amides is 1. The number of aryl methyl sites for hydroxylation is 1. The second-order valence-electron chi connectivity index (χ2n) is 7.87. The molecule has 0 aliphatic heterocycles. The first-order valence-electron chi connectivity index (χ1n) is 10.4. The average Bonchev–Trinajstić information content (AvgIpc) is 3.16. The Morgan fingerprint density at radius 3 is 2.33 bits per heavy atom. The third-order valence-corrected chi connectivity index (χ3v) is 5.31. The van der Waals surface area contributed by atoms with E-state index in [0.717, 1.165) is 28.8 Å². The highest BCUT2D eigenvalue weighted by Crippen LogP contribution is 2.23. The number of benzene rings is 3.